The van der Waals surface area contributed by atoms with E-state index in [1.807, 2.05) is 13.8 Å². The minimum atomic E-state index is -3.69. The topological polar surface area (TPSA) is 84.3 Å². The SMILES string of the molecule is Cc1nccn1-c1ccc(CNC(=O)c2cccc(S(=O)(=O)N3CC(C)CC(C)C3)c2)cc1F. The quantitative estimate of drug-likeness (QED) is 0.575. The predicted octanol–water partition coefficient (Wildman–Crippen LogP) is 3.92. The molecule has 0 radical (unpaired) electrons. The van der Waals surface area contributed by atoms with Crippen molar-refractivity contribution in [1.29, 1.82) is 0 Å². The lowest BCUT2D eigenvalue weighted by Crippen LogP contribution is -2.42. The Morgan fingerprint density at radius 3 is 2.53 bits per heavy atom. The number of imidazole rings is 1. The van der Waals surface area contributed by atoms with E-state index in [1.54, 1.807) is 48.1 Å². The maximum atomic E-state index is 14.6. The number of piperidine rings is 1. The molecule has 180 valence electrons. The van der Waals surface area contributed by atoms with Gasteiger partial charge in [0.15, 0.2) is 0 Å². The zero-order valence-electron chi connectivity index (χ0n) is 19.5. The highest BCUT2D eigenvalue weighted by atomic mass is 32.2. The summed E-state index contributed by atoms with van der Waals surface area (Å²) in [5.74, 6) is 0.394. The summed E-state index contributed by atoms with van der Waals surface area (Å²) < 4.78 is 44.1. The fourth-order valence-electron chi connectivity index (χ4n) is 4.52. The van der Waals surface area contributed by atoms with E-state index in [1.165, 1.54) is 22.5 Å². The van der Waals surface area contributed by atoms with Crippen LogP contribution in [0.2, 0.25) is 0 Å². The first-order valence-corrected chi connectivity index (χ1v) is 12.8. The fourth-order valence-corrected chi connectivity index (χ4v) is 6.25. The Morgan fingerprint density at radius 1 is 1.15 bits per heavy atom. The standard InChI is InChI=1S/C25H29FN4O3S/c1-17-11-18(2)16-29(15-17)34(32,33)22-6-4-5-21(13-22)25(31)28-14-20-7-8-24(23(26)12-20)30-10-9-27-19(30)3/h4-10,12-13,17-18H,11,14-16H2,1-3H3,(H,28,31). The molecule has 1 aliphatic heterocycles. The molecule has 2 aromatic carbocycles. The number of halogens is 1. The van der Waals surface area contributed by atoms with Crippen LogP contribution in [0.15, 0.2) is 59.8 Å². The molecule has 4 rings (SSSR count). The van der Waals surface area contributed by atoms with Crippen molar-refractivity contribution in [3.05, 3.63) is 77.6 Å². The number of sulfonamides is 1. The molecule has 1 aromatic heterocycles. The van der Waals surface area contributed by atoms with Gasteiger partial charge in [-0.25, -0.2) is 17.8 Å². The van der Waals surface area contributed by atoms with Gasteiger partial charge in [0.05, 0.1) is 10.6 Å². The maximum Gasteiger partial charge on any atom is 0.251 e. The minimum absolute atomic E-state index is 0.104. The molecular weight excluding hydrogens is 455 g/mol. The van der Waals surface area contributed by atoms with Crippen LogP contribution in [-0.2, 0) is 16.6 Å². The second kappa shape index (κ2) is 9.68. The second-order valence-electron chi connectivity index (χ2n) is 9.11. The van der Waals surface area contributed by atoms with Crippen molar-refractivity contribution in [2.75, 3.05) is 13.1 Å². The average molecular weight is 485 g/mol. The molecule has 0 spiro atoms. The average Bonchev–Trinajstić information content (AvgIpc) is 3.22. The number of nitrogens with one attached hydrogen (secondary N) is 1. The zero-order chi connectivity index (χ0) is 24.5. The highest BCUT2D eigenvalue weighted by Crippen LogP contribution is 2.27. The van der Waals surface area contributed by atoms with E-state index in [0.717, 1.165) is 6.42 Å². The number of hydrogen-bond donors (Lipinski definition) is 1. The number of nitrogens with zero attached hydrogens (tertiary/aromatic N) is 3. The predicted molar refractivity (Wildman–Crippen MR) is 128 cm³/mol. The number of rotatable bonds is 6. The molecular formula is C25H29FN4O3S. The molecule has 0 bridgehead atoms. The second-order valence-corrected chi connectivity index (χ2v) is 11.0. The maximum absolute atomic E-state index is 14.6. The summed E-state index contributed by atoms with van der Waals surface area (Å²) in [5.41, 5.74) is 1.21. The summed E-state index contributed by atoms with van der Waals surface area (Å²) in [6.45, 7) is 6.94. The molecule has 1 fully saturated rings. The molecule has 2 heterocycles. The van der Waals surface area contributed by atoms with Gasteiger partial charge in [0.25, 0.3) is 5.91 Å². The molecule has 3 aromatic rings. The Bertz CT molecular complexity index is 1290. The third-order valence-corrected chi connectivity index (χ3v) is 7.95. The van der Waals surface area contributed by atoms with Crippen molar-refractivity contribution < 1.29 is 17.6 Å². The summed E-state index contributed by atoms with van der Waals surface area (Å²) in [5, 5.41) is 2.75. The van der Waals surface area contributed by atoms with E-state index < -0.39 is 21.7 Å². The minimum Gasteiger partial charge on any atom is -0.348 e. The number of hydrogen-bond acceptors (Lipinski definition) is 4. The molecule has 1 saturated heterocycles. The molecule has 7 nitrogen and oxygen atoms in total. The smallest absolute Gasteiger partial charge is 0.251 e. The van der Waals surface area contributed by atoms with Crippen molar-refractivity contribution in [3.63, 3.8) is 0 Å². The number of carbonyl (C=O) groups is 1. The van der Waals surface area contributed by atoms with Gasteiger partial charge in [-0.3, -0.25) is 4.79 Å². The van der Waals surface area contributed by atoms with E-state index in [2.05, 4.69) is 10.3 Å². The third kappa shape index (κ3) is 5.05. The van der Waals surface area contributed by atoms with Crippen molar-refractivity contribution in [2.24, 2.45) is 11.8 Å². The Balaban J connectivity index is 1.46. The van der Waals surface area contributed by atoms with E-state index >= 15 is 0 Å². The number of aryl methyl sites for hydroxylation is 1. The van der Waals surface area contributed by atoms with Crippen LogP contribution in [0.4, 0.5) is 4.39 Å². The van der Waals surface area contributed by atoms with Crippen LogP contribution in [0, 0.1) is 24.6 Å². The van der Waals surface area contributed by atoms with Gasteiger partial charge >= 0.3 is 0 Å². The molecule has 1 aliphatic rings. The van der Waals surface area contributed by atoms with Crippen LogP contribution in [0.5, 0.6) is 0 Å². The summed E-state index contributed by atoms with van der Waals surface area (Å²) in [7, 11) is -3.69. The first-order chi connectivity index (χ1) is 16.1. The molecule has 1 N–H and O–H groups in total. The molecule has 2 unspecified atom stereocenters. The first kappa shape index (κ1) is 24.1. The van der Waals surface area contributed by atoms with Gasteiger partial charge in [-0.2, -0.15) is 4.31 Å². The van der Waals surface area contributed by atoms with Crippen molar-refractivity contribution in [1.82, 2.24) is 19.2 Å². The Morgan fingerprint density at radius 2 is 1.88 bits per heavy atom. The summed E-state index contributed by atoms with van der Waals surface area (Å²) in [4.78, 5) is 16.9. The Kier molecular flexibility index (Phi) is 6.86. The molecule has 0 aliphatic carbocycles. The summed E-state index contributed by atoms with van der Waals surface area (Å²) in [6.07, 6.45) is 4.28. The van der Waals surface area contributed by atoms with Gasteiger partial charge in [0, 0.05) is 37.6 Å². The van der Waals surface area contributed by atoms with Crippen LogP contribution in [0.25, 0.3) is 5.69 Å². The molecule has 2 atom stereocenters. The van der Waals surface area contributed by atoms with Crippen LogP contribution >= 0.6 is 0 Å². The lowest BCUT2D eigenvalue weighted by molar-refractivity contribution is 0.0950. The van der Waals surface area contributed by atoms with Crippen molar-refractivity contribution in [3.8, 4) is 5.69 Å². The van der Waals surface area contributed by atoms with Crippen LogP contribution in [0.3, 0.4) is 0 Å². The first-order valence-electron chi connectivity index (χ1n) is 11.3. The molecule has 1 amide bonds. The van der Waals surface area contributed by atoms with E-state index in [9.17, 15) is 17.6 Å². The van der Waals surface area contributed by atoms with E-state index in [4.69, 9.17) is 0 Å². The number of aromatic nitrogens is 2. The lowest BCUT2D eigenvalue weighted by Gasteiger charge is -2.34. The number of benzene rings is 2. The largest absolute Gasteiger partial charge is 0.348 e. The van der Waals surface area contributed by atoms with Crippen molar-refractivity contribution >= 4 is 15.9 Å². The molecule has 34 heavy (non-hydrogen) atoms. The highest BCUT2D eigenvalue weighted by Gasteiger charge is 2.32. The third-order valence-electron chi connectivity index (χ3n) is 6.12. The lowest BCUT2D eigenvalue weighted by atomic mass is 9.94. The van der Waals surface area contributed by atoms with Crippen LogP contribution in [-0.4, -0.2) is 41.3 Å². The number of carbonyl (C=O) groups excluding carboxylic acids is 1. The van der Waals surface area contributed by atoms with Gasteiger partial charge < -0.3 is 9.88 Å². The van der Waals surface area contributed by atoms with Gasteiger partial charge in [0.2, 0.25) is 10.0 Å². The monoisotopic (exact) mass is 484 g/mol. The molecule has 0 saturated carbocycles. The normalized spacial score (nSPS) is 19.2. The Labute approximate surface area is 199 Å². The fraction of sp³-hybridized carbons (Fsp3) is 0.360. The number of amides is 1. The van der Waals surface area contributed by atoms with Crippen LogP contribution < -0.4 is 5.32 Å². The highest BCUT2D eigenvalue weighted by molar-refractivity contribution is 7.89. The van der Waals surface area contributed by atoms with Gasteiger partial charge in [-0.15, -0.1) is 0 Å². The summed E-state index contributed by atoms with van der Waals surface area (Å²) in [6, 6.07) is 10.8. The van der Waals surface area contributed by atoms with Crippen LogP contribution in [0.1, 0.15) is 42.0 Å². The van der Waals surface area contributed by atoms with Gasteiger partial charge in [-0.05, 0) is 61.1 Å². The Hall–Kier alpha value is -3.04. The van der Waals surface area contributed by atoms with E-state index in [-0.39, 0.29) is 28.8 Å². The molecule has 9 heteroatoms. The zero-order valence-corrected chi connectivity index (χ0v) is 20.3. The van der Waals surface area contributed by atoms with E-state index in [0.29, 0.717) is 30.2 Å². The summed E-state index contributed by atoms with van der Waals surface area (Å²) >= 11 is 0. The van der Waals surface area contributed by atoms with Gasteiger partial charge in [-0.1, -0.05) is 26.0 Å². The van der Waals surface area contributed by atoms with Gasteiger partial charge in [0.1, 0.15) is 11.6 Å². The van der Waals surface area contributed by atoms with Crippen molar-refractivity contribution in [2.45, 2.75) is 38.6 Å².